The Balaban J connectivity index is 1.72. The summed E-state index contributed by atoms with van der Waals surface area (Å²) in [6, 6.07) is 2.86. The van der Waals surface area contributed by atoms with Crippen LogP contribution in [0.3, 0.4) is 0 Å². The summed E-state index contributed by atoms with van der Waals surface area (Å²) in [5.41, 5.74) is 1.40. The molecule has 0 fully saturated rings. The van der Waals surface area contributed by atoms with E-state index in [9.17, 15) is 0 Å². The van der Waals surface area contributed by atoms with Crippen LogP contribution in [0.5, 0.6) is 0 Å². The summed E-state index contributed by atoms with van der Waals surface area (Å²) in [5, 5.41) is 4.88. The monoisotopic (exact) mass is 312 g/mol. The van der Waals surface area contributed by atoms with E-state index in [1.165, 1.54) is 26.7 Å². The van der Waals surface area contributed by atoms with Gasteiger partial charge in [0.25, 0.3) is 0 Å². The molecule has 2 atom stereocenters. The van der Waals surface area contributed by atoms with E-state index in [0.29, 0.717) is 12.1 Å². The number of nitrogens with zero attached hydrogens (tertiary/aromatic N) is 1. The van der Waals surface area contributed by atoms with Gasteiger partial charge in [0.15, 0.2) is 0 Å². The lowest BCUT2D eigenvalue weighted by molar-refractivity contribution is 0.464. The topological polar surface area (TPSA) is 24.9 Å². The van der Waals surface area contributed by atoms with Gasteiger partial charge in [0.2, 0.25) is 0 Å². The van der Waals surface area contributed by atoms with Crippen LogP contribution in [0.2, 0.25) is 4.34 Å². The van der Waals surface area contributed by atoms with E-state index in [4.69, 9.17) is 11.6 Å². The third-order valence-corrected chi connectivity index (χ3v) is 6.25. The second-order valence-electron chi connectivity index (χ2n) is 4.93. The molecule has 0 saturated carbocycles. The Morgan fingerprint density at radius 3 is 3.11 bits per heavy atom. The highest BCUT2D eigenvalue weighted by Crippen LogP contribution is 2.40. The molecule has 19 heavy (non-hydrogen) atoms. The Hall–Kier alpha value is -0.420. The van der Waals surface area contributed by atoms with Crippen molar-refractivity contribution in [1.82, 2.24) is 10.3 Å². The molecule has 0 bridgehead atoms. The van der Waals surface area contributed by atoms with Gasteiger partial charge in [-0.25, -0.2) is 4.98 Å². The van der Waals surface area contributed by atoms with Crippen LogP contribution >= 0.6 is 34.3 Å². The van der Waals surface area contributed by atoms with Crippen molar-refractivity contribution >= 4 is 34.3 Å². The molecule has 2 heterocycles. The van der Waals surface area contributed by atoms with Gasteiger partial charge in [-0.1, -0.05) is 18.5 Å². The number of hydrogen-bond donors (Lipinski definition) is 1. The minimum atomic E-state index is 0.305. The summed E-state index contributed by atoms with van der Waals surface area (Å²) >= 11 is 9.64. The van der Waals surface area contributed by atoms with Gasteiger partial charge in [0.05, 0.1) is 10.4 Å². The predicted octanol–water partition coefficient (Wildman–Crippen LogP) is 4.76. The maximum absolute atomic E-state index is 6.10. The molecule has 0 aliphatic heterocycles. The molecule has 2 aromatic rings. The van der Waals surface area contributed by atoms with E-state index in [1.807, 2.05) is 17.5 Å². The first kappa shape index (κ1) is 13.6. The first-order valence-corrected chi connectivity index (χ1v) is 8.67. The lowest BCUT2D eigenvalue weighted by atomic mass is 10.1. The number of thiazole rings is 1. The van der Waals surface area contributed by atoms with Crippen LogP contribution < -0.4 is 5.32 Å². The van der Waals surface area contributed by atoms with E-state index in [1.54, 1.807) is 11.3 Å². The average molecular weight is 313 g/mol. The fourth-order valence-electron chi connectivity index (χ4n) is 2.56. The molecule has 3 rings (SSSR count). The lowest BCUT2D eigenvalue weighted by Gasteiger charge is -2.18. The molecule has 0 aromatic carbocycles. The summed E-state index contributed by atoms with van der Waals surface area (Å²) in [6.45, 7) is 4.37. The number of aryl methyl sites for hydroxylation is 2. The molecule has 1 aliphatic rings. The summed E-state index contributed by atoms with van der Waals surface area (Å²) in [6.07, 6.45) is 5.39. The normalized spacial score (nSPS) is 19.6. The zero-order chi connectivity index (χ0) is 13.4. The quantitative estimate of drug-likeness (QED) is 0.880. The molecule has 102 valence electrons. The van der Waals surface area contributed by atoms with Gasteiger partial charge in [-0.2, -0.15) is 0 Å². The van der Waals surface area contributed by atoms with Gasteiger partial charge in [0, 0.05) is 22.0 Å². The number of hydrogen-bond acceptors (Lipinski definition) is 4. The van der Waals surface area contributed by atoms with Crippen molar-refractivity contribution in [3.05, 3.63) is 36.9 Å². The second-order valence-corrected chi connectivity index (χ2v) is 7.84. The minimum Gasteiger partial charge on any atom is -0.301 e. The maximum Gasteiger partial charge on any atom is 0.109 e. The molecule has 0 spiro atoms. The molecular weight excluding hydrogens is 296 g/mol. The molecular formula is C14H17ClN2S2. The van der Waals surface area contributed by atoms with Crippen molar-refractivity contribution in [3.63, 3.8) is 0 Å². The molecule has 1 aliphatic carbocycles. The Bertz CT molecular complexity index is 576. The maximum atomic E-state index is 6.10. The zero-order valence-corrected chi connectivity index (χ0v) is 13.5. The van der Waals surface area contributed by atoms with Crippen molar-refractivity contribution in [2.24, 2.45) is 0 Å². The molecule has 2 unspecified atom stereocenters. The number of nitrogens with one attached hydrogen (secondary N) is 1. The van der Waals surface area contributed by atoms with Gasteiger partial charge in [-0.15, -0.1) is 22.7 Å². The van der Waals surface area contributed by atoms with E-state index in [-0.39, 0.29) is 0 Å². The first-order valence-electron chi connectivity index (χ1n) is 6.66. The molecule has 5 heteroatoms. The van der Waals surface area contributed by atoms with Crippen LogP contribution in [0.15, 0.2) is 12.3 Å². The molecule has 0 saturated heterocycles. The highest BCUT2D eigenvalue weighted by atomic mass is 35.5. The molecule has 2 aromatic heterocycles. The first-order chi connectivity index (χ1) is 9.17. The van der Waals surface area contributed by atoms with E-state index in [2.05, 4.69) is 30.2 Å². The van der Waals surface area contributed by atoms with Crippen molar-refractivity contribution in [2.45, 2.75) is 45.2 Å². The van der Waals surface area contributed by atoms with Gasteiger partial charge < -0.3 is 5.32 Å². The van der Waals surface area contributed by atoms with Gasteiger partial charge in [-0.05, 0) is 37.8 Å². The Morgan fingerprint density at radius 2 is 2.37 bits per heavy atom. The molecule has 2 nitrogen and oxygen atoms in total. The van der Waals surface area contributed by atoms with Crippen molar-refractivity contribution in [2.75, 3.05) is 0 Å². The Kier molecular flexibility index (Phi) is 3.94. The van der Waals surface area contributed by atoms with Gasteiger partial charge in [-0.3, -0.25) is 0 Å². The minimum absolute atomic E-state index is 0.305. The SMILES string of the molecule is CCc1cnc(C(C)NC2CCc3sc(Cl)cc32)s1. The summed E-state index contributed by atoms with van der Waals surface area (Å²) in [7, 11) is 0. The van der Waals surface area contributed by atoms with Crippen molar-refractivity contribution in [1.29, 1.82) is 0 Å². The number of fused-ring (bicyclic) bond motifs is 1. The molecule has 0 radical (unpaired) electrons. The van der Waals surface area contributed by atoms with E-state index in [0.717, 1.165) is 17.2 Å². The fourth-order valence-corrected chi connectivity index (χ4v) is 4.79. The number of halogens is 1. The van der Waals surface area contributed by atoms with E-state index < -0.39 is 0 Å². The largest absolute Gasteiger partial charge is 0.301 e. The van der Waals surface area contributed by atoms with Crippen LogP contribution in [0.4, 0.5) is 0 Å². The average Bonchev–Trinajstić information content (AvgIpc) is 3.06. The van der Waals surface area contributed by atoms with E-state index >= 15 is 0 Å². The van der Waals surface area contributed by atoms with Gasteiger partial charge >= 0.3 is 0 Å². The van der Waals surface area contributed by atoms with Crippen LogP contribution in [0.25, 0.3) is 0 Å². The van der Waals surface area contributed by atoms with Crippen LogP contribution in [0.1, 0.15) is 52.7 Å². The van der Waals surface area contributed by atoms with Crippen molar-refractivity contribution < 1.29 is 0 Å². The van der Waals surface area contributed by atoms with Crippen LogP contribution in [-0.4, -0.2) is 4.98 Å². The summed E-state index contributed by atoms with van der Waals surface area (Å²) in [5.74, 6) is 0. The van der Waals surface area contributed by atoms with Crippen molar-refractivity contribution in [3.8, 4) is 0 Å². The van der Waals surface area contributed by atoms with Crippen LogP contribution in [-0.2, 0) is 12.8 Å². The number of thiophene rings is 1. The standard InChI is InChI=1S/C14H17ClN2S2/c1-3-9-7-16-14(18-9)8(2)17-11-4-5-12-10(11)6-13(15)19-12/h6-8,11,17H,3-5H2,1-2H3. The lowest BCUT2D eigenvalue weighted by Crippen LogP contribution is -2.22. The zero-order valence-electron chi connectivity index (χ0n) is 11.1. The van der Waals surface area contributed by atoms with Gasteiger partial charge in [0.1, 0.15) is 5.01 Å². The summed E-state index contributed by atoms with van der Waals surface area (Å²) < 4.78 is 0.909. The highest BCUT2D eigenvalue weighted by molar-refractivity contribution is 7.16. The Morgan fingerprint density at radius 1 is 1.53 bits per heavy atom. The predicted molar refractivity (Wildman–Crippen MR) is 83.4 cm³/mol. The molecule has 1 N–H and O–H groups in total. The smallest absolute Gasteiger partial charge is 0.109 e. The van der Waals surface area contributed by atoms with Crippen LogP contribution in [0, 0.1) is 0 Å². The third kappa shape index (κ3) is 2.72. The molecule has 0 amide bonds. The highest BCUT2D eigenvalue weighted by Gasteiger charge is 2.26. The number of rotatable bonds is 4. The number of aromatic nitrogens is 1. The Labute approximate surface area is 126 Å². The summed E-state index contributed by atoms with van der Waals surface area (Å²) in [4.78, 5) is 7.33. The second kappa shape index (κ2) is 5.52. The fraction of sp³-hybridized carbons (Fsp3) is 0.500. The third-order valence-electron chi connectivity index (χ3n) is 3.59.